The monoisotopic (exact) mass is 429 g/mol. The number of aromatic nitrogens is 3. The number of amides is 2. The van der Waals surface area contributed by atoms with Gasteiger partial charge in [0.15, 0.2) is 17.3 Å². The zero-order chi connectivity index (χ0) is 22.3. The minimum absolute atomic E-state index is 0.0741. The molecule has 1 N–H and O–H groups in total. The molecule has 1 aromatic carbocycles. The van der Waals surface area contributed by atoms with Crippen molar-refractivity contribution in [3.05, 3.63) is 68.8 Å². The number of nitrogens with one attached hydrogen (secondary N) is 1. The van der Waals surface area contributed by atoms with Gasteiger partial charge < -0.3 is 9.80 Å². The summed E-state index contributed by atoms with van der Waals surface area (Å²) in [5.41, 5.74) is 2.47. The van der Waals surface area contributed by atoms with Crippen LogP contribution in [0.25, 0.3) is 5.65 Å². The molecule has 10 heteroatoms. The van der Waals surface area contributed by atoms with Gasteiger partial charge in [0.2, 0.25) is 5.91 Å². The van der Waals surface area contributed by atoms with Crippen molar-refractivity contribution in [3.8, 4) is 0 Å². The standard InChI is InChI=1S/C21H21F2N5O3/c1-12-15(13(2)28-18(24-12)11-19(29)25-28)10-20(30)26-5-7-27(8-6-26)21(31)14-3-4-16(22)17(23)9-14/h3-4,9,11H,5-8,10H2,1-2H3,(H,25,29). The van der Waals surface area contributed by atoms with E-state index in [-0.39, 0.29) is 23.5 Å². The fraction of sp³-hybridized carbons (Fsp3) is 0.333. The van der Waals surface area contributed by atoms with Crippen LogP contribution in [0.3, 0.4) is 0 Å². The van der Waals surface area contributed by atoms with Crippen LogP contribution in [0.4, 0.5) is 8.78 Å². The first-order chi connectivity index (χ1) is 14.7. The number of hydrogen-bond acceptors (Lipinski definition) is 4. The summed E-state index contributed by atoms with van der Waals surface area (Å²) in [6, 6.07) is 4.46. The van der Waals surface area contributed by atoms with Crippen molar-refractivity contribution in [1.29, 1.82) is 0 Å². The molecule has 3 aromatic rings. The Bertz CT molecular complexity index is 1240. The Morgan fingerprint density at radius 1 is 1.03 bits per heavy atom. The lowest BCUT2D eigenvalue weighted by molar-refractivity contribution is -0.131. The van der Waals surface area contributed by atoms with Crippen molar-refractivity contribution in [2.45, 2.75) is 20.3 Å². The number of piperazine rings is 1. The maximum atomic E-state index is 13.4. The summed E-state index contributed by atoms with van der Waals surface area (Å²) in [7, 11) is 0. The predicted molar refractivity (Wildman–Crippen MR) is 108 cm³/mol. The van der Waals surface area contributed by atoms with Crippen LogP contribution in [0, 0.1) is 25.5 Å². The fourth-order valence-electron chi connectivity index (χ4n) is 3.85. The van der Waals surface area contributed by atoms with Gasteiger partial charge in [-0.1, -0.05) is 0 Å². The van der Waals surface area contributed by atoms with E-state index < -0.39 is 17.5 Å². The number of carbonyl (C=O) groups excluding carboxylic acids is 2. The van der Waals surface area contributed by atoms with Crippen LogP contribution in [-0.4, -0.2) is 62.4 Å². The summed E-state index contributed by atoms with van der Waals surface area (Å²) in [4.78, 5) is 44.6. The molecule has 4 rings (SSSR count). The Morgan fingerprint density at radius 3 is 2.39 bits per heavy atom. The molecule has 0 spiro atoms. The van der Waals surface area contributed by atoms with E-state index in [2.05, 4.69) is 10.1 Å². The third-order valence-corrected chi connectivity index (χ3v) is 5.62. The van der Waals surface area contributed by atoms with Gasteiger partial charge in [0.05, 0.1) is 6.42 Å². The topological polar surface area (TPSA) is 90.8 Å². The summed E-state index contributed by atoms with van der Waals surface area (Å²) >= 11 is 0. The average Bonchev–Trinajstić information content (AvgIpc) is 3.12. The number of H-pyrrole nitrogens is 1. The van der Waals surface area contributed by atoms with Crippen molar-refractivity contribution < 1.29 is 18.4 Å². The number of halogens is 2. The van der Waals surface area contributed by atoms with Gasteiger partial charge in [-0.05, 0) is 32.0 Å². The van der Waals surface area contributed by atoms with E-state index in [1.54, 1.807) is 16.3 Å². The molecule has 1 aliphatic rings. The molecule has 1 saturated heterocycles. The molecular weight excluding hydrogens is 408 g/mol. The summed E-state index contributed by atoms with van der Waals surface area (Å²) < 4.78 is 28.1. The second-order valence-electron chi connectivity index (χ2n) is 7.55. The molecule has 1 fully saturated rings. The number of carbonyl (C=O) groups is 2. The summed E-state index contributed by atoms with van der Waals surface area (Å²) in [6.45, 7) is 4.88. The largest absolute Gasteiger partial charge is 0.339 e. The van der Waals surface area contributed by atoms with Crippen LogP contribution in [0.2, 0.25) is 0 Å². The van der Waals surface area contributed by atoms with E-state index in [1.807, 2.05) is 6.92 Å². The highest BCUT2D eigenvalue weighted by Gasteiger charge is 2.26. The van der Waals surface area contributed by atoms with Crippen LogP contribution in [-0.2, 0) is 11.2 Å². The third-order valence-electron chi connectivity index (χ3n) is 5.62. The minimum atomic E-state index is -1.07. The molecule has 2 amide bonds. The number of benzene rings is 1. The zero-order valence-electron chi connectivity index (χ0n) is 17.1. The number of rotatable bonds is 3. The molecule has 3 heterocycles. The molecule has 1 aliphatic heterocycles. The fourth-order valence-corrected chi connectivity index (χ4v) is 3.85. The highest BCUT2D eigenvalue weighted by Crippen LogP contribution is 2.17. The second-order valence-corrected chi connectivity index (χ2v) is 7.55. The Hall–Kier alpha value is -3.56. The maximum absolute atomic E-state index is 13.4. The molecule has 2 aromatic heterocycles. The number of hydrogen-bond donors (Lipinski definition) is 1. The van der Waals surface area contributed by atoms with Gasteiger partial charge in [0.25, 0.3) is 11.5 Å². The van der Waals surface area contributed by atoms with E-state index in [0.717, 1.165) is 23.4 Å². The lowest BCUT2D eigenvalue weighted by Crippen LogP contribution is -2.51. The normalized spacial score (nSPS) is 14.3. The molecule has 0 aliphatic carbocycles. The van der Waals surface area contributed by atoms with Gasteiger partial charge in [0, 0.05) is 54.8 Å². The molecule has 0 saturated carbocycles. The Labute approximate surface area is 176 Å². The SMILES string of the molecule is Cc1nc2cc(=O)[nH]n2c(C)c1CC(=O)N1CCN(C(=O)c2ccc(F)c(F)c2)CC1. The van der Waals surface area contributed by atoms with Gasteiger partial charge in [0.1, 0.15) is 0 Å². The van der Waals surface area contributed by atoms with Crippen LogP contribution in [0.15, 0.2) is 29.1 Å². The smallest absolute Gasteiger partial charge is 0.266 e. The lowest BCUT2D eigenvalue weighted by Gasteiger charge is -2.35. The molecule has 31 heavy (non-hydrogen) atoms. The second kappa shape index (κ2) is 7.93. The summed E-state index contributed by atoms with van der Waals surface area (Å²) in [6.07, 6.45) is 0.123. The Balaban J connectivity index is 1.43. The first-order valence-corrected chi connectivity index (χ1v) is 9.84. The van der Waals surface area contributed by atoms with Crippen LogP contribution in [0.1, 0.15) is 27.3 Å². The van der Waals surface area contributed by atoms with Crippen molar-refractivity contribution in [2.24, 2.45) is 0 Å². The van der Waals surface area contributed by atoms with Gasteiger partial charge in [-0.25, -0.2) is 18.3 Å². The van der Waals surface area contributed by atoms with Gasteiger partial charge in [-0.3, -0.25) is 19.5 Å². The number of aromatic amines is 1. The molecule has 0 radical (unpaired) electrons. The predicted octanol–water partition coefficient (Wildman–Crippen LogP) is 1.44. The van der Waals surface area contributed by atoms with E-state index in [4.69, 9.17) is 0 Å². The molecule has 8 nitrogen and oxygen atoms in total. The molecule has 0 unspecified atom stereocenters. The van der Waals surface area contributed by atoms with Crippen molar-refractivity contribution in [3.63, 3.8) is 0 Å². The number of fused-ring (bicyclic) bond motifs is 1. The highest BCUT2D eigenvalue weighted by atomic mass is 19.2. The Kier molecular flexibility index (Phi) is 5.30. The first-order valence-electron chi connectivity index (χ1n) is 9.84. The van der Waals surface area contributed by atoms with Crippen molar-refractivity contribution in [1.82, 2.24) is 24.4 Å². The molecule has 162 valence electrons. The Morgan fingerprint density at radius 2 is 1.71 bits per heavy atom. The number of nitrogens with zero attached hydrogens (tertiary/aromatic N) is 4. The van der Waals surface area contributed by atoms with E-state index >= 15 is 0 Å². The zero-order valence-corrected chi connectivity index (χ0v) is 17.1. The summed E-state index contributed by atoms with van der Waals surface area (Å²) in [5, 5.41) is 2.67. The van der Waals surface area contributed by atoms with Crippen LogP contribution in [0.5, 0.6) is 0 Å². The minimum Gasteiger partial charge on any atom is -0.339 e. The van der Waals surface area contributed by atoms with E-state index in [1.165, 1.54) is 17.0 Å². The van der Waals surface area contributed by atoms with Crippen LogP contribution >= 0.6 is 0 Å². The van der Waals surface area contributed by atoms with Crippen molar-refractivity contribution in [2.75, 3.05) is 26.2 Å². The molecule has 0 bridgehead atoms. The molecular formula is C21H21F2N5O3. The third kappa shape index (κ3) is 3.92. The van der Waals surface area contributed by atoms with E-state index in [0.29, 0.717) is 37.5 Å². The first kappa shape index (κ1) is 20.7. The van der Waals surface area contributed by atoms with Crippen molar-refractivity contribution >= 4 is 17.5 Å². The maximum Gasteiger partial charge on any atom is 0.266 e. The van der Waals surface area contributed by atoms with Gasteiger partial charge >= 0.3 is 0 Å². The van der Waals surface area contributed by atoms with Crippen LogP contribution < -0.4 is 5.56 Å². The average molecular weight is 429 g/mol. The quantitative estimate of drug-likeness (QED) is 0.682. The number of aryl methyl sites for hydroxylation is 2. The van der Waals surface area contributed by atoms with E-state index in [9.17, 15) is 23.2 Å². The highest BCUT2D eigenvalue weighted by molar-refractivity contribution is 5.94. The summed E-state index contributed by atoms with van der Waals surface area (Å²) in [5.74, 6) is -2.58. The van der Waals surface area contributed by atoms with Gasteiger partial charge in [-0.2, -0.15) is 0 Å². The van der Waals surface area contributed by atoms with Gasteiger partial charge in [-0.15, -0.1) is 0 Å². The lowest BCUT2D eigenvalue weighted by atomic mass is 10.1. The molecule has 0 atom stereocenters.